The highest BCUT2D eigenvalue weighted by molar-refractivity contribution is 7.89. The molecule has 7 heteroatoms. The molecule has 0 unspecified atom stereocenters. The Balaban J connectivity index is 1.95. The van der Waals surface area contributed by atoms with E-state index in [1.54, 1.807) is 12.1 Å². The van der Waals surface area contributed by atoms with Gasteiger partial charge in [-0.3, -0.25) is 0 Å². The highest BCUT2D eigenvalue weighted by Gasteiger charge is 2.38. The van der Waals surface area contributed by atoms with Crippen molar-refractivity contribution in [2.75, 3.05) is 0 Å². The molecule has 1 N–H and O–H groups in total. The zero-order valence-corrected chi connectivity index (χ0v) is 12.5. The van der Waals surface area contributed by atoms with Gasteiger partial charge in [-0.1, -0.05) is 6.07 Å². The van der Waals surface area contributed by atoms with E-state index in [1.807, 2.05) is 0 Å². The number of hydrogen-bond acceptors (Lipinski definition) is 4. The summed E-state index contributed by atoms with van der Waals surface area (Å²) in [5.74, 6) is -0.592. The van der Waals surface area contributed by atoms with Gasteiger partial charge in [0.25, 0.3) is 0 Å². The Labute approximate surface area is 128 Å². The van der Waals surface area contributed by atoms with Crippen molar-refractivity contribution in [3.63, 3.8) is 0 Å². The van der Waals surface area contributed by atoms with Crippen LogP contribution in [0.5, 0.6) is 0 Å². The minimum Gasteiger partial charge on any atom is -0.478 e. The average Bonchev–Trinajstić information content (AvgIpc) is 3.20. The molecular weight excluding hydrogens is 306 g/mol. The SMILES string of the molecule is O=C(O)c1cccc(S(=O)(=O)N(Cc2ccco2)C2CC2)c1. The van der Waals surface area contributed by atoms with Crippen molar-refractivity contribution in [2.45, 2.75) is 30.3 Å². The molecule has 1 saturated carbocycles. The molecule has 1 aromatic carbocycles. The molecule has 1 aliphatic rings. The maximum absolute atomic E-state index is 12.8. The summed E-state index contributed by atoms with van der Waals surface area (Å²) in [6.45, 7) is 0.150. The lowest BCUT2D eigenvalue weighted by molar-refractivity contribution is 0.0696. The van der Waals surface area contributed by atoms with E-state index in [9.17, 15) is 13.2 Å². The van der Waals surface area contributed by atoms with E-state index in [0.717, 1.165) is 12.8 Å². The summed E-state index contributed by atoms with van der Waals surface area (Å²) in [5, 5.41) is 9.02. The quantitative estimate of drug-likeness (QED) is 0.882. The first kappa shape index (κ1) is 14.8. The van der Waals surface area contributed by atoms with Gasteiger partial charge in [-0.05, 0) is 43.2 Å². The monoisotopic (exact) mass is 321 g/mol. The average molecular weight is 321 g/mol. The van der Waals surface area contributed by atoms with Crippen molar-refractivity contribution in [3.05, 3.63) is 54.0 Å². The van der Waals surface area contributed by atoms with Gasteiger partial charge in [-0.2, -0.15) is 4.31 Å². The summed E-state index contributed by atoms with van der Waals surface area (Å²) in [6, 6.07) is 8.79. The Morgan fingerprint density at radius 1 is 1.27 bits per heavy atom. The van der Waals surface area contributed by atoms with Crippen molar-refractivity contribution in [1.29, 1.82) is 0 Å². The molecule has 22 heavy (non-hydrogen) atoms. The van der Waals surface area contributed by atoms with Gasteiger partial charge in [0.2, 0.25) is 10.0 Å². The lowest BCUT2D eigenvalue weighted by Crippen LogP contribution is -2.32. The fourth-order valence-electron chi connectivity index (χ4n) is 2.25. The van der Waals surface area contributed by atoms with Crippen LogP contribution in [0.2, 0.25) is 0 Å². The smallest absolute Gasteiger partial charge is 0.335 e. The van der Waals surface area contributed by atoms with Crippen LogP contribution in [0.3, 0.4) is 0 Å². The summed E-state index contributed by atoms with van der Waals surface area (Å²) < 4.78 is 32.2. The number of rotatable bonds is 6. The van der Waals surface area contributed by atoms with E-state index in [1.165, 1.54) is 34.8 Å². The number of nitrogens with zero attached hydrogens (tertiary/aromatic N) is 1. The summed E-state index contributed by atoms with van der Waals surface area (Å²) in [5.41, 5.74) is -0.0465. The van der Waals surface area contributed by atoms with Crippen LogP contribution in [0.1, 0.15) is 29.0 Å². The van der Waals surface area contributed by atoms with Crippen LogP contribution >= 0.6 is 0 Å². The molecule has 1 aliphatic carbocycles. The van der Waals surface area contributed by atoms with Gasteiger partial charge in [0.05, 0.1) is 23.3 Å². The molecule has 116 valence electrons. The molecule has 0 bridgehead atoms. The second-order valence-electron chi connectivity index (χ2n) is 5.19. The third-order valence-corrected chi connectivity index (χ3v) is 5.43. The predicted octanol–water partition coefficient (Wildman–Crippen LogP) is 2.33. The normalized spacial score (nSPS) is 15.1. The molecule has 2 aromatic rings. The van der Waals surface area contributed by atoms with Crippen molar-refractivity contribution >= 4 is 16.0 Å². The Hall–Kier alpha value is -2.12. The molecule has 0 spiro atoms. The van der Waals surface area contributed by atoms with Gasteiger partial charge < -0.3 is 9.52 Å². The third kappa shape index (κ3) is 2.90. The van der Waals surface area contributed by atoms with Crippen LogP contribution in [0.4, 0.5) is 0 Å². The summed E-state index contributed by atoms with van der Waals surface area (Å²) in [7, 11) is -3.76. The van der Waals surface area contributed by atoms with Crippen molar-refractivity contribution in [2.24, 2.45) is 0 Å². The standard InChI is InChI=1S/C15H15NO5S/c17-15(18)11-3-1-5-14(9-11)22(19,20)16(12-6-7-12)10-13-4-2-8-21-13/h1-5,8-9,12H,6-7,10H2,(H,17,18). The number of carboxylic acid groups (broad SMARTS) is 1. The molecule has 0 amide bonds. The second kappa shape index (κ2) is 5.58. The van der Waals surface area contributed by atoms with Gasteiger partial charge in [0.1, 0.15) is 5.76 Å². The lowest BCUT2D eigenvalue weighted by Gasteiger charge is -2.21. The van der Waals surface area contributed by atoms with Gasteiger partial charge in [0.15, 0.2) is 0 Å². The molecule has 1 fully saturated rings. The topological polar surface area (TPSA) is 87.8 Å². The molecule has 1 aromatic heterocycles. The Morgan fingerprint density at radius 3 is 2.64 bits per heavy atom. The van der Waals surface area contributed by atoms with Crippen molar-refractivity contribution < 1.29 is 22.7 Å². The van der Waals surface area contributed by atoms with Gasteiger partial charge in [-0.25, -0.2) is 13.2 Å². The molecule has 6 nitrogen and oxygen atoms in total. The first-order valence-corrected chi connectivity index (χ1v) is 8.30. The largest absolute Gasteiger partial charge is 0.478 e. The second-order valence-corrected chi connectivity index (χ2v) is 7.08. The van der Waals surface area contributed by atoms with Gasteiger partial charge >= 0.3 is 5.97 Å². The minimum atomic E-state index is -3.76. The Kier molecular flexibility index (Phi) is 3.76. The van der Waals surface area contributed by atoms with Crippen LogP contribution in [-0.4, -0.2) is 29.8 Å². The van der Waals surface area contributed by atoms with Crippen LogP contribution < -0.4 is 0 Å². The summed E-state index contributed by atoms with van der Waals surface area (Å²) in [4.78, 5) is 11.0. The van der Waals surface area contributed by atoms with Crippen LogP contribution in [0.25, 0.3) is 0 Å². The number of aromatic carboxylic acids is 1. The number of hydrogen-bond donors (Lipinski definition) is 1. The van der Waals surface area contributed by atoms with Gasteiger partial charge in [0, 0.05) is 6.04 Å². The van der Waals surface area contributed by atoms with E-state index >= 15 is 0 Å². The lowest BCUT2D eigenvalue weighted by atomic mass is 10.2. The molecule has 0 atom stereocenters. The van der Waals surface area contributed by atoms with E-state index in [-0.39, 0.29) is 23.0 Å². The molecule has 3 rings (SSSR count). The Bertz CT molecular complexity index is 778. The first-order valence-electron chi connectivity index (χ1n) is 6.86. The zero-order chi connectivity index (χ0) is 15.7. The van der Waals surface area contributed by atoms with Crippen LogP contribution in [0.15, 0.2) is 52.0 Å². The van der Waals surface area contributed by atoms with E-state index in [0.29, 0.717) is 5.76 Å². The maximum Gasteiger partial charge on any atom is 0.335 e. The minimum absolute atomic E-state index is 0.00847. The van der Waals surface area contributed by atoms with Crippen LogP contribution in [-0.2, 0) is 16.6 Å². The van der Waals surface area contributed by atoms with Gasteiger partial charge in [-0.15, -0.1) is 0 Å². The first-order chi connectivity index (χ1) is 10.5. The van der Waals surface area contributed by atoms with Crippen molar-refractivity contribution in [3.8, 4) is 0 Å². The zero-order valence-electron chi connectivity index (χ0n) is 11.7. The van der Waals surface area contributed by atoms with E-state index in [4.69, 9.17) is 9.52 Å². The summed E-state index contributed by atoms with van der Waals surface area (Å²) in [6.07, 6.45) is 3.11. The number of benzene rings is 1. The molecular formula is C15H15NO5S. The maximum atomic E-state index is 12.8. The number of carbonyl (C=O) groups is 1. The Morgan fingerprint density at radius 2 is 2.05 bits per heavy atom. The highest BCUT2D eigenvalue weighted by Crippen LogP contribution is 2.33. The van der Waals surface area contributed by atoms with E-state index < -0.39 is 16.0 Å². The van der Waals surface area contributed by atoms with E-state index in [2.05, 4.69) is 0 Å². The number of carboxylic acids is 1. The number of sulfonamides is 1. The number of furan rings is 1. The molecule has 0 saturated heterocycles. The third-order valence-electron chi connectivity index (χ3n) is 3.53. The fourth-order valence-corrected chi connectivity index (χ4v) is 3.95. The fraction of sp³-hybridized carbons (Fsp3) is 0.267. The van der Waals surface area contributed by atoms with Crippen molar-refractivity contribution in [1.82, 2.24) is 4.31 Å². The highest BCUT2D eigenvalue weighted by atomic mass is 32.2. The summed E-state index contributed by atoms with van der Waals surface area (Å²) >= 11 is 0. The molecule has 0 radical (unpaired) electrons. The molecule has 1 heterocycles. The van der Waals surface area contributed by atoms with Crippen LogP contribution in [0, 0.1) is 0 Å². The molecule has 0 aliphatic heterocycles. The predicted molar refractivity (Wildman–Crippen MR) is 77.9 cm³/mol.